The Balaban J connectivity index is 1.79. The number of rotatable bonds is 3. The van der Waals surface area contributed by atoms with Gasteiger partial charge in [-0.15, -0.1) is 11.3 Å². The predicted molar refractivity (Wildman–Crippen MR) is 92.2 cm³/mol. The first kappa shape index (κ1) is 19.4. The van der Waals surface area contributed by atoms with Crippen molar-refractivity contribution in [3.8, 4) is 10.6 Å². The van der Waals surface area contributed by atoms with E-state index in [1.54, 1.807) is 24.1 Å². The molecule has 0 radical (unpaired) electrons. The third kappa shape index (κ3) is 3.85. The fraction of sp³-hybridized carbons (Fsp3) is 0.471. The summed E-state index contributed by atoms with van der Waals surface area (Å²) in [4.78, 5) is 27.0. The van der Waals surface area contributed by atoms with Gasteiger partial charge in [-0.1, -0.05) is 5.16 Å². The Morgan fingerprint density at radius 3 is 2.74 bits per heavy atom. The Bertz CT molecular complexity index is 859. The van der Waals surface area contributed by atoms with Crippen LogP contribution in [0.25, 0.3) is 10.6 Å². The summed E-state index contributed by atoms with van der Waals surface area (Å²) in [5.41, 5.74) is -0.0331. The Morgan fingerprint density at radius 1 is 1.37 bits per heavy atom. The Kier molecular flexibility index (Phi) is 5.27. The number of thiophene rings is 1. The lowest BCUT2D eigenvalue weighted by Crippen LogP contribution is -2.44. The minimum absolute atomic E-state index is 0.0771. The topological polar surface area (TPSA) is 75.4 Å². The number of hydrogen-bond acceptors (Lipinski definition) is 5. The number of alkyl halides is 3. The third-order valence-electron chi connectivity index (χ3n) is 4.56. The van der Waals surface area contributed by atoms with E-state index in [4.69, 9.17) is 0 Å². The molecule has 1 saturated heterocycles. The molecule has 2 aromatic rings. The van der Waals surface area contributed by atoms with Crippen molar-refractivity contribution in [2.24, 2.45) is 5.92 Å². The molecule has 0 bridgehead atoms. The van der Waals surface area contributed by atoms with E-state index in [2.05, 4.69) is 15.0 Å². The molecule has 0 spiro atoms. The van der Waals surface area contributed by atoms with Gasteiger partial charge in [0.1, 0.15) is 5.69 Å². The monoisotopic (exact) mass is 401 g/mol. The summed E-state index contributed by atoms with van der Waals surface area (Å²) >= 11 is 1.06. The second kappa shape index (κ2) is 7.34. The molecule has 0 unspecified atom stereocenters. The standard InChI is InChI=1S/C17H18F3N3O3S/c1-9-13(22-26-14(9)17(18,19)20)11-5-6-12(27-11)16(25)23-7-3-4-10(8-23)15(24)21-2/h5-6,10H,3-4,7-8H2,1-2H3,(H,21,24)/t10-/m1/s1. The molecule has 146 valence electrons. The molecule has 1 N–H and O–H groups in total. The number of nitrogens with one attached hydrogen (secondary N) is 1. The van der Waals surface area contributed by atoms with E-state index in [0.717, 1.165) is 24.2 Å². The highest BCUT2D eigenvalue weighted by Gasteiger charge is 2.39. The van der Waals surface area contributed by atoms with Crippen LogP contribution in [-0.2, 0) is 11.0 Å². The van der Waals surface area contributed by atoms with Crippen molar-refractivity contribution >= 4 is 23.2 Å². The number of halogens is 3. The number of amides is 2. The molecule has 2 aromatic heterocycles. The van der Waals surface area contributed by atoms with Crippen molar-refractivity contribution in [3.63, 3.8) is 0 Å². The number of aromatic nitrogens is 1. The Morgan fingerprint density at radius 2 is 2.11 bits per heavy atom. The molecule has 1 aliphatic rings. The van der Waals surface area contributed by atoms with Gasteiger partial charge in [0.2, 0.25) is 11.7 Å². The molecule has 3 rings (SSSR count). The Labute approximate surface area is 157 Å². The zero-order valence-corrected chi connectivity index (χ0v) is 15.5. The third-order valence-corrected chi connectivity index (χ3v) is 5.64. The molecule has 2 amide bonds. The lowest BCUT2D eigenvalue weighted by Gasteiger charge is -2.31. The predicted octanol–water partition coefficient (Wildman–Crippen LogP) is 3.33. The van der Waals surface area contributed by atoms with Crippen molar-refractivity contribution in [2.75, 3.05) is 20.1 Å². The molecular weight excluding hydrogens is 383 g/mol. The molecule has 6 nitrogen and oxygen atoms in total. The van der Waals surface area contributed by atoms with Crippen molar-refractivity contribution in [2.45, 2.75) is 25.9 Å². The minimum Gasteiger partial charge on any atom is -0.359 e. The summed E-state index contributed by atoms with van der Waals surface area (Å²) in [7, 11) is 1.56. The number of carbonyl (C=O) groups is 2. The quantitative estimate of drug-likeness (QED) is 0.856. The summed E-state index contributed by atoms with van der Waals surface area (Å²) in [6, 6.07) is 3.12. The van der Waals surface area contributed by atoms with E-state index in [-0.39, 0.29) is 29.0 Å². The van der Waals surface area contributed by atoms with Crippen molar-refractivity contribution in [1.29, 1.82) is 0 Å². The largest absolute Gasteiger partial charge is 0.452 e. The summed E-state index contributed by atoms with van der Waals surface area (Å²) in [6.07, 6.45) is -3.18. The van der Waals surface area contributed by atoms with Crippen LogP contribution in [0.3, 0.4) is 0 Å². The zero-order chi connectivity index (χ0) is 19.8. The van der Waals surface area contributed by atoms with Crippen LogP contribution in [-0.4, -0.2) is 42.0 Å². The van der Waals surface area contributed by atoms with E-state index in [1.165, 1.54) is 6.92 Å². The average Bonchev–Trinajstić information content (AvgIpc) is 3.26. The molecule has 0 saturated carbocycles. The SMILES string of the molecule is CNC(=O)[C@@H]1CCCN(C(=O)c2ccc(-c3noc(C(F)(F)F)c3C)s2)C1. The normalized spacial score (nSPS) is 17.8. The molecule has 10 heteroatoms. The molecule has 0 aliphatic carbocycles. The van der Waals surface area contributed by atoms with Gasteiger partial charge in [0.05, 0.1) is 15.7 Å². The lowest BCUT2D eigenvalue weighted by atomic mass is 9.97. The van der Waals surface area contributed by atoms with Crippen LogP contribution in [0.1, 0.15) is 33.8 Å². The van der Waals surface area contributed by atoms with Gasteiger partial charge in [-0.05, 0) is 31.9 Å². The molecule has 0 aromatic carbocycles. The fourth-order valence-corrected chi connectivity index (χ4v) is 4.16. The zero-order valence-electron chi connectivity index (χ0n) is 14.7. The second-order valence-electron chi connectivity index (χ2n) is 6.35. The molecule has 1 atom stereocenters. The van der Waals surface area contributed by atoms with Gasteiger partial charge >= 0.3 is 6.18 Å². The number of nitrogens with zero attached hydrogens (tertiary/aromatic N) is 2. The first-order chi connectivity index (χ1) is 12.7. The van der Waals surface area contributed by atoms with Crippen molar-refractivity contribution < 1.29 is 27.3 Å². The summed E-state index contributed by atoms with van der Waals surface area (Å²) in [6.45, 7) is 2.15. The first-order valence-electron chi connectivity index (χ1n) is 8.37. The minimum atomic E-state index is -4.62. The molecule has 1 fully saturated rings. The van der Waals surface area contributed by atoms with Crippen LogP contribution >= 0.6 is 11.3 Å². The van der Waals surface area contributed by atoms with E-state index in [0.29, 0.717) is 22.8 Å². The molecule has 3 heterocycles. The number of hydrogen-bond donors (Lipinski definition) is 1. The molecule has 27 heavy (non-hydrogen) atoms. The molecular formula is C17H18F3N3O3S. The second-order valence-corrected chi connectivity index (χ2v) is 7.44. The van der Waals surface area contributed by atoms with Gasteiger partial charge < -0.3 is 14.7 Å². The van der Waals surface area contributed by atoms with Gasteiger partial charge in [-0.25, -0.2) is 0 Å². The van der Waals surface area contributed by atoms with Crippen LogP contribution in [0.5, 0.6) is 0 Å². The fourth-order valence-electron chi connectivity index (χ4n) is 3.15. The van der Waals surface area contributed by atoms with Crippen LogP contribution in [0.15, 0.2) is 16.7 Å². The van der Waals surface area contributed by atoms with E-state index < -0.39 is 11.9 Å². The Hall–Kier alpha value is -2.36. The van der Waals surface area contributed by atoms with Crippen LogP contribution in [0.4, 0.5) is 13.2 Å². The van der Waals surface area contributed by atoms with Gasteiger partial charge in [0.15, 0.2) is 0 Å². The smallest absolute Gasteiger partial charge is 0.359 e. The highest BCUT2D eigenvalue weighted by atomic mass is 32.1. The summed E-state index contributed by atoms with van der Waals surface area (Å²) in [5, 5.41) is 6.12. The highest BCUT2D eigenvalue weighted by Crippen LogP contribution is 2.38. The lowest BCUT2D eigenvalue weighted by molar-refractivity contribution is -0.156. The first-order valence-corrected chi connectivity index (χ1v) is 9.18. The number of likely N-dealkylation sites (tertiary alicyclic amines) is 1. The van der Waals surface area contributed by atoms with Gasteiger partial charge in [-0.3, -0.25) is 9.59 Å². The maximum Gasteiger partial charge on any atom is 0.452 e. The maximum absolute atomic E-state index is 12.9. The van der Waals surface area contributed by atoms with E-state index >= 15 is 0 Å². The maximum atomic E-state index is 12.9. The van der Waals surface area contributed by atoms with E-state index in [1.807, 2.05) is 0 Å². The van der Waals surface area contributed by atoms with Gasteiger partial charge in [0.25, 0.3) is 5.91 Å². The van der Waals surface area contributed by atoms with E-state index in [9.17, 15) is 22.8 Å². The number of carbonyl (C=O) groups excluding carboxylic acids is 2. The molecule has 1 aliphatic heterocycles. The highest BCUT2D eigenvalue weighted by molar-refractivity contribution is 7.17. The van der Waals surface area contributed by atoms with Crippen LogP contribution in [0, 0.1) is 12.8 Å². The van der Waals surface area contributed by atoms with Gasteiger partial charge in [0, 0.05) is 25.7 Å². The van der Waals surface area contributed by atoms with Crippen molar-refractivity contribution in [3.05, 3.63) is 28.3 Å². The van der Waals surface area contributed by atoms with Crippen molar-refractivity contribution in [1.82, 2.24) is 15.4 Å². The summed E-state index contributed by atoms with van der Waals surface area (Å²) in [5.74, 6) is -1.73. The summed E-state index contributed by atoms with van der Waals surface area (Å²) < 4.78 is 43.0. The van der Waals surface area contributed by atoms with Crippen LogP contribution < -0.4 is 5.32 Å². The average molecular weight is 401 g/mol. The number of piperidine rings is 1. The van der Waals surface area contributed by atoms with Crippen LogP contribution in [0.2, 0.25) is 0 Å². The van der Waals surface area contributed by atoms with Gasteiger partial charge in [-0.2, -0.15) is 13.2 Å².